The highest BCUT2D eigenvalue weighted by Crippen LogP contribution is 2.22. The van der Waals surface area contributed by atoms with Crippen LogP contribution in [0.3, 0.4) is 0 Å². The van der Waals surface area contributed by atoms with Gasteiger partial charge in [-0.1, -0.05) is 19.0 Å². The maximum Gasteiger partial charge on any atom is 0.373 e. The first-order valence-corrected chi connectivity index (χ1v) is 5.21. The number of oxazole rings is 1. The summed E-state index contributed by atoms with van der Waals surface area (Å²) in [5.41, 5.74) is 0.827. The van der Waals surface area contributed by atoms with Gasteiger partial charge in [0, 0.05) is 6.07 Å². The molecule has 0 radical (unpaired) electrons. The zero-order valence-electron chi connectivity index (χ0n) is 9.51. The van der Waals surface area contributed by atoms with Gasteiger partial charge in [0.2, 0.25) is 11.7 Å². The van der Waals surface area contributed by atoms with Crippen LogP contribution in [0.1, 0.15) is 30.1 Å². The first-order chi connectivity index (χ1) is 8.08. The van der Waals surface area contributed by atoms with Gasteiger partial charge < -0.3 is 14.0 Å². The summed E-state index contributed by atoms with van der Waals surface area (Å²) in [4.78, 5) is 15.2. The van der Waals surface area contributed by atoms with E-state index in [0.717, 1.165) is 0 Å². The number of hydrogen-bond donors (Lipinski definition) is 1. The van der Waals surface area contributed by atoms with E-state index in [0.29, 0.717) is 23.7 Å². The molecule has 2 aromatic heterocycles. The van der Waals surface area contributed by atoms with Crippen molar-refractivity contribution < 1.29 is 18.8 Å². The van der Waals surface area contributed by atoms with Crippen molar-refractivity contribution in [2.45, 2.75) is 20.3 Å². The van der Waals surface area contributed by atoms with Crippen molar-refractivity contribution in [1.29, 1.82) is 0 Å². The molecule has 2 rings (SSSR count). The van der Waals surface area contributed by atoms with Gasteiger partial charge >= 0.3 is 5.97 Å². The summed E-state index contributed by atoms with van der Waals surface area (Å²) < 4.78 is 9.85. The van der Waals surface area contributed by atoms with E-state index in [2.05, 4.69) is 14.7 Å². The molecule has 2 aromatic rings. The Morgan fingerprint density at radius 3 is 2.82 bits per heavy atom. The number of carboxylic acid groups (broad SMARTS) is 1. The monoisotopic (exact) mass is 236 g/mol. The van der Waals surface area contributed by atoms with Crippen LogP contribution in [-0.2, 0) is 6.42 Å². The molecule has 0 fully saturated rings. The summed E-state index contributed by atoms with van der Waals surface area (Å²) in [5, 5.41) is 12.7. The lowest BCUT2D eigenvalue weighted by Gasteiger charge is -1.99. The Kier molecular flexibility index (Phi) is 2.95. The molecule has 0 aliphatic rings. The summed E-state index contributed by atoms with van der Waals surface area (Å²) in [5.74, 6) is -0.783. The smallest absolute Gasteiger partial charge is 0.373 e. The quantitative estimate of drug-likeness (QED) is 0.875. The van der Waals surface area contributed by atoms with Crippen LogP contribution < -0.4 is 0 Å². The Morgan fingerprint density at radius 2 is 2.29 bits per heavy atom. The third-order valence-corrected chi connectivity index (χ3v) is 2.15. The SMILES string of the molecule is CC(C)Cc1nc(-c2ccon2)oc1C(=O)O. The normalized spacial score (nSPS) is 11.0. The Hall–Kier alpha value is -2.11. The van der Waals surface area contributed by atoms with Gasteiger partial charge in [-0.15, -0.1) is 0 Å². The van der Waals surface area contributed by atoms with Crippen molar-refractivity contribution in [2.24, 2.45) is 5.92 Å². The predicted molar refractivity (Wildman–Crippen MR) is 57.5 cm³/mol. The van der Waals surface area contributed by atoms with Crippen molar-refractivity contribution in [2.75, 3.05) is 0 Å². The summed E-state index contributed by atoms with van der Waals surface area (Å²) >= 11 is 0. The van der Waals surface area contributed by atoms with E-state index in [1.165, 1.54) is 6.26 Å². The average Bonchev–Trinajstić information content (AvgIpc) is 2.82. The zero-order chi connectivity index (χ0) is 12.4. The summed E-state index contributed by atoms with van der Waals surface area (Å²) in [6, 6.07) is 1.57. The standard InChI is InChI=1S/C11H12N2O4/c1-6(2)5-8-9(11(14)15)17-10(12-8)7-3-4-16-13-7/h3-4,6H,5H2,1-2H3,(H,14,15). The van der Waals surface area contributed by atoms with Gasteiger partial charge in [0.1, 0.15) is 6.26 Å². The summed E-state index contributed by atoms with van der Waals surface area (Å²) in [6.45, 7) is 3.96. The third kappa shape index (κ3) is 2.35. The molecule has 0 aliphatic carbocycles. The van der Waals surface area contributed by atoms with Crippen molar-refractivity contribution in [3.8, 4) is 11.6 Å². The highest BCUT2D eigenvalue weighted by atomic mass is 16.5. The molecule has 0 saturated carbocycles. The summed E-state index contributed by atoms with van der Waals surface area (Å²) in [6.07, 6.45) is 1.92. The second-order valence-corrected chi connectivity index (χ2v) is 4.08. The van der Waals surface area contributed by atoms with E-state index < -0.39 is 5.97 Å². The molecule has 0 aromatic carbocycles. The van der Waals surface area contributed by atoms with Crippen LogP contribution in [-0.4, -0.2) is 21.2 Å². The first kappa shape index (κ1) is 11.4. The summed E-state index contributed by atoms with van der Waals surface area (Å²) in [7, 11) is 0. The van der Waals surface area contributed by atoms with E-state index in [-0.39, 0.29) is 11.7 Å². The molecule has 6 heteroatoms. The van der Waals surface area contributed by atoms with Gasteiger partial charge in [-0.25, -0.2) is 9.78 Å². The van der Waals surface area contributed by atoms with Crippen LogP contribution in [0.25, 0.3) is 11.6 Å². The first-order valence-electron chi connectivity index (χ1n) is 5.21. The van der Waals surface area contributed by atoms with Gasteiger partial charge in [-0.05, 0) is 12.3 Å². The van der Waals surface area contributed by atoms with Crippen LogP contribution in [0.2, 0.25) is 0 Å². The number of nitrogens with zero attached hydrogens (tertiary/aromatic N) is 2. The molecule has 0 spiro atoms. The molecular weight excluding hydrogens is 224 g/mol. The molecule has 1 N–H and O–H groups in total. The lowest BCUT2D eigenvalue weighted by molar-refractivity contribution is 0.0661. The Balaban J connectivity index is 2.41. The Labute approximate surface area is 97.2 Å². The van der Waals surface area contributed by atoms with Gasteiger partial charge in [-0.2, -0.15) is 0 Å². The maximum atomic E-state index is 11.0. The highest BCUT2D eigenvalue weighted by molar-refractivity contribution is 5.86. The molecule has 0 saturated heterocycles. The molecular formula is C11H12N2O4. The fourth-order valence-electron chi connectivity index (χ4n) is 1.48. The minimum absolute atomic E-state index is 0.128. The van der Waals surface area contributed by atoms with Gasteiger partial charge in [-0.3, -0.25) is 0 Å². The molecule has 17 heavy (non-hydrogen) atoms. The molecule has 0 atom stereocenters. The van der Waals surface area contributed by atoms with E-state index in [4.69, 9.17) is 9.52 Å². The number of aromatic carboxylic acids is 1. The van der Waals surface area contributed by atoms with Crippen LogP contribution >= 0.6 is 0 Å². The number of carboxylic acids is 1. The van der Waals surface area contributed by atoms with E-state index >= 15 is 0 Å². The molecule has 0 bridgehead atoms. The van der Waals surface area contributed by atoms with Crippen molar-refractivity contribution >= 4 is 5.97 Å². The van der Waals surface area contributed by atoms with Crippen LogP contribution in [0.15, 0.2) is 21.3 Å². The van der Waals surface area contributed by atoms with Crippen LogP contribution in [0.4, 0.5) is 0 Å². The van der Waals surface area contributed by atoms with E-state index in [9.17, 15) is 4.79 Å². The maximum absolute atomic E-state index is 11.0. The average molecular weight is 236 g/mol. The van der Waals surface area contributed by atoms with Crippen molar-refractivity contribution in [3.05, 3.63) is 23.8 Å². The molecule has 0 aliphatic heterocycles. The largest absolute Gasteiger partial charge is 0.475 e. The molecule has 0 unspecified atom stereocenters. The van der Waals surface area contributed by atoms with Gasteiger partial charge in [0.25, 0.3) is 0 Å². The van der Waals surface area contributed by atoms with Crippen molar-refractivity contribution in [1.82, 2.24) is 10.1 Å². The zero-order valence-corrected chi connectivity index (χ0v) is 9.51. The Bertz CT molecular complexity index is 514. The molecule has 2 heterocycles. The minimum Gasteiger partial charge on any atom is -0.475 e. The van der Waals surface area contributed by atoms with Crippen LogP contribution in [0.5, 0.6) is 0 Å². The fourth-order valence-corrected chi connectivity index (χ4v) is 1.48. The second-order valence-electron chi connectivity index (χ2n) is 4.08. The molecule has 0 amide bonds. The van der Waals surface area contributed by atoms with E-state index in [1.807, 2.05) is 13.8 Å². The number of hydrogen-bond acceptors (Lipinski definition) is 5. The van der Waals surface area contributed by atoms with Gasteiger partial charge in [0.15, 0.2) is 5.69 Å². The lowest BCUT2D eigenvalue weighted by atomic mass is 10.1. The highest BCUT2D eigenvalue weighted by Gasteiger charge is 2.21. The second kappa shape index (κ2) is 4.40. The predicted octanol–water partition coefficient (Wildman–Crippen LogP) is 2.23. The third-order valence-electron chi connectivity index (χ3n) is 2.15. The van der Waals surface area contributed by atoms with Crippen LogP contribution in [0, 0.1) is 5.92 Å². The van der Waals surface area contributed by atoms with Gasteiger partial charge in [0.05, 0.1) is 5.69 Å². The number of carbonyl (C=O) groups is 1. The Morgan fingerprint density at radius 1 is 1.53 bits per heavy atom. The topological polar surface area (TPSA) is 89.4 Å². The molecule has 90 valence electrons. The van der Waals surface area contributed by atoms with Crippen molar-refractivity contribution in [3.63, 3.8) is 0 Å². The fraction of sp³-hybridized carbons (Fsp3) is 0.364. The lowest BCUT2D eigenvalue weighted by Crippen LogP contribution is -2.03. The number of aromatic nitrogens is 2. The molecule has 6 nitrogen and oxygen atoms in total. The van der Waals surface area contributed by atoms with E-state index in [1.54, 1.807) is 6.07 Å². The number of rotatable bonds is 4. The minimum atomic E-state index is -1.12.